The Morgan fingerprint density at radius 2 is 1.63 bits per heavy atom. The molecule has 2 aromatic heterocycles. The molecule has 0 fully saturated rings. The first-order valence-corrected chi connectivity index (χ1v) is 10.2. The zero-order chi connectivity index (χ0) is 21.5. The summed E-state index contributed by atoms with van der Waals surface area (Å²) < 4.78 is 25.2. The van der Waals surface area contributed by atoms with E-state index in [1.165, 1.54) is 35.1 Å². The molecular formula is C19H17N7O3S. The molecule has 0 amide bonds. The topological polar surface area (TPSA) is 165 Å². The van der Waals surface area contributed by atoms with E-state index < -0.39 is 15.9 Å². The number of carbonyl (C=O) groups is 1. The van der Waals surface area contributed by atoms with E-state index in [0.717, 1.165) is 10.2 Å². The average Bonchev–Trinajstić information content (AvgIpc) is 3.30. The normalized spacial score (nSPS) is 11.5. The lowest BCUT2D eigenvalue weighted by atomic mass is 10.2. The van der Waals surface area contributed by atoms with Crippen molar-refractivity contribution in [3.63, 3.8) is 0 Å². The molecule has 6 N–H and O–H groups in total. The number of nitrogen functional groups attached to an aromatic ring is 2. The number of hydrogen-bond donors (Lipinski definition) is 3. The molecule has 0 saturated carbocycles. The van der Waals surface area contributed by atoms with E-state index in [9.17, 15) is 13.2 Å². The summed E-state index contributed by atoms with van der Waals surface area (Å²) in [6, 6.07) is 16.5. The number of sulfonamides is 1. The molecule has 30 heavy (non-hydrogen) atoms. The van der Waals surface area contributed by atoms with Crippen molar-refractivity contribution in [1.82, 2.24) is 19.6 Å². The van der Waals surface area contributed by atoms with E-state index in [0.29, 0.717) is 11.4 Å². The molecule has 11 heteroatoms. The van der Waals surface area contributed by atoms with Crippen LogP contribution in [-0.2, 0) is 10.0 Å². The molecule has 2 heterocycles. The molecule has 0 saturated heterocycles. The quantitative estimate of drug-likeness (QED) is 0.444. The highest BCUT2D eigenvalue weighted by molar-refractivity contribution is 7.89. The summed E-state index contributed by atoms with van der Waals surface area (Å²) in [7, 11) is -3.82. The van der Waals surface area contributed by atoms with Crippen LogP contribution in [0.15, 0.2) is 71.8 Å². The highest BCUT2D eigenvalue weighted by Crippen LogP contribution is 2.23. The summed E-state index contributed by atoms with van der Waals surface area (Å²) in [4.78, 5) is 12.9. The number of carbonyl (C=O) groups excluding carboxylic acids is 1. The molecule has 0 atom stereocenters. The van der Waals surface area contributed by atoms with Crippen LogP contribution in [-0.4, -0.2) is 33.9 Å². The first kappa shape index (κ1) is 19.4. The van der Waals surface area contributed by atoms with Gasteiger partial charge in [-0.05, 0) is 24.3 Å². The Hall–Kier alpha value is -3.96. The number of hydrogen-bond acceptors (Lipinski definition) is 7. The highest BCUT2D eigenvalue weighted by Gasteiger charge is 2.21. The van der Waals surface area contributed by atoms with Gasteiger partial charge in [0.1, 0.15) is 17.2 Å². The Bertz CT molecular complexity index is 1340. The summed E-state index contributed by atoms with van der Waals surface area (Å²) in [5, 5.41) is 13.5. The minimum atomic E-state index is -3.82. The fourth-order valence-electron chi connectivity index (χ4n) is 2.93. The molecule has 0 aliphatic carbocycles. The van der Waals surface area contributed by atoms with Gasteiger partial charge < -0.3 is 11.5 Å². The summed E-state index contributed by atoms with van der Waals surface area (Å²) >= 11 is 0. The molecular weight excluding hydrogens is 406 g/mol. The molecule has 0 spiro atoms. The standard InChI is InChI=1S/C19H17N7O3S/c20-17-10-16(12-4-2-1-3-5-12)24-26(17)19(27)15-11-23-25(18(15)21)13-6-8-14(9-7-13)30(22,28)29/h1-11H,20-21H2,(H2,22,28,29). The number of primary sulfonamides is 1. The molecule has 0 aliphatic rings. The van der Waals surface area contributed by atoms with Crippen molar-refractivity contribution in [2.75, 3.05) is 11.5 Å². The van der Waals surface area contributed by atoms with Gasteiger partial charge >= 0.3 is 0 Å². The van der Waals surface area contributed by atoms with Gasteiger partial charge in [0, 0.05) is 11.6 Å². The monoisotopic (exact) mass is 423 g/mol. The maximum atomic E-state index is 13.0. The van der Waals surface area contributed by atoms with E-state index >= 15 is 0 Å². The van der Waals surface area contributed by atoms with Gasteiger partial charge in [-0.25, -0.2) is 18.2 Å². The van der Waals surface area contributed by atoms with Crippen molar-refractivity contribution in [2.45, 2.75) is 4.90 Å². The first-order chi connectivity index (χ1) is 14.3. The molecule has 0 radical (unpaired) electrons. The van der Waals surface area contributed by atoms with Crippen LogP contribution in [0.2, 0.25) is 0 Å². The van der Waals surface area contributed by atoms with Gasteiger partial charge in [-0.15, -0.1) is 0 Å². The molecule has 0 unspecified atom stereocenters. The highest BCUT2D eigenvalue weighted by atomic mass is 32.2. The summed E-state index contributed by atoms with van der Waals surface area (Å²) in [6.45, 7) is 0. The predicted molar refractivity (Wildman–Crippen MR) is 111 cm³/mol. The minimum absolute atomic E-state index is 0.0500. The molecule has 4 rings (SSSR count). The number of benzene rings is 2. The van der Waals surface area contributed by atoms with Crippen molar-refractivity contribution in [2.24, 2.45) is 5.14 Å². The van der Waals surface area contributed by atoms with E-state index in [-0.39, 0.29) is 22.1 Å². The maximum Gasteiger partial charge on any atom is 0.285 e. The Balaban J connectivity index is 1.67. The molecule has 4 aromatic rings. The third kappa shape index (κ3) is 3.43. The van der Waals surface area contributed by atoms with Gasteiger partial charge in [0.05, 0.1) is 22.5 Å². The Labute approximate surface area is 171 Å². The molecule has 152 valence electrons. The first-order valence-electron chi connectivity index (χ1n) is 8.68. The Morgan fingerprint density at radius 1 is 0.967 bits per heavy atom. The van der Waals surface area contributed by atoms with E-state index in [1.807, 2.05) is 30.3 Å². The van der Waals surface area contributed by atoms with Crippen LogP contribution in [0.25, 0.3) is 16.9 Å². The molecule has 2 aromatic carbocycles. The van der Waals surface area contributed by atoms with E-state index in [1.54, 1.807) is 6.07 Å². The molecule has 0 aliphatic heterocycles. The second-order valence-corrected chi connectivity index (χ2v) is 7.99. The van der Waals surface area contributed by atoms with Gasteiger partial charge in [-0.1, -0.05) is 30.3 Å². The fourth-order valence-corrected chi connectivity index (χ4v) is 3.44. The van der Waals surface area contributed by atoms with Crippen molar-refractivity contribution >= 4 is 27.6 Å². The smallest absolute Gasteiger partial charge is 0.285 e. The number of nitrogens with zero attached hydrogens (tertiary/aromatic N) is 4. The number of nitrogens with two attached hydrogens (primary N) is 3. The van der Waals surface area contributed by atoms with Crippen LogP contribution in [0.5, 0.6) is 0 Å². The lowest BCUT2D eigenvalue weighted by molar-refractivity contribution is 0.0949. The Morgan fingerprint density at radius 3 is 2.27 bits per heavy atom. The molecule has 0 bridgehead atoms. The van der Waals surface area contributed by atoms with Gasteiger partial charge in [-0.2, -0.15) is 14.9 Å². The number of rotatable bonds is 4. The predicted octanol–water partition coefficient (Wildman–Crippen LogP) is 1.24. The second kappa shape index (κ2) is 7.13. The largest absolute Gasteiger partial charge is 0.383 e. The fraction of sp³-hybridized carbons (Fsp3) is 0. The summed E-state index contributed by atoms with van der Waals surface area (Å²) in [5.41, 5.74) is 14.0. The zero-order valence-electron chi connectivity index (χ0n) is 15.5. The number of aromatic nitrogens is 4. The van der Waals surface area contributed by atoms with Crippen LogP contribution in [0.1, 0.15) is 10.4 Å². The maximum absolute atomic E-state index is 13.0. The SMILES string of the molecule is Nc1cc(-c2ccccc2)nn1C(=O)c1cnn(-c2ccc(S(N)(=O)=O)cc2)c1N. The summed E-state index contributed by atoms with van der Waals surface area (Å²) in [6.07, 6.45) is 1.30. The molecule has 10 nitrogen and oxygen atoms in total. The van der Waals surface area contributed by atoms with Gasteiger partial charge in [0.25, 0.3) is 5.91 Å². The minimum Gasteiger partial charge on any atom is -0.383 e. The van der Waals surface area contributed by atoms with Crippen molar-refractivity contribution < 1.29 is 13.2 Å². The van der Waals surface area contributed by atoms with Gasteiger partial charge in [0.15, 0.2) is 0 Å². The van der Waals surface area contributed by atoms with Crippen LogP contribution < -0.4 is 16.6 Å². The van der Waals surface area contributed by atoms with Crippen molar-refractivity contribution in [1.29, 1.82) is 0 Å². The lowest BCUT2D eigenvalue weighted by Gasteiger charge is -2.06. The van der Waals surface area contributed by atoms with Crippen LogP contribution in [0, 0.1) is 0 Å². The van der Waals surface area contributed by atoms with Gasteiger partial charge in [0.2, 0.25) is 10.0 Å². The summed E-state index contributed by atoms with van der Waals surface area (Å²) in [5.74, 6) is -0.331. The van der Waals surface area contributed by atoms with E-state index in [2.05, 4.69) is 10.2 Å². The van der Waals surface area contributed by atoms with Gasteiger partial charge in [-0.3, -0.25) is 4.79 Å². The average molecular weight is 423 g/mol. The second-order valence-electron chi connectivity index (χ2n) is 6.43. The Kier molecular flexibility index (Phi) is 4.60. The van der Waals surface area contributed by atoms with E-state index in [4.69, 9.17) is 16.6 Å². The zero-order valence-corrected chi connectivity index (χ0v) is 16.3. The van der Waals surface area contributed by atoms with Crippen LogP contribution in [0.3, 0.4) is 0 Å². The third-order valence-electron chi connectivity index (χ3n) is 4.45. The number of anilines is 2. The third-order valence-corrected chi connectivity index (χ3v) is 5.37. The van der Waals surface area contributed by atoms with Crippen LogP contribution in [0.4, 0.5) is 11.6 Å². The lowest BCUT2D eigenvalue weighted by Crippen LogP contribution is -2.17. The van der Waals surface area contributed by atoms with Crippen molar-refractivity contribution in [3.8, 4) is 16.9 Å². The van der Waals surface area contributed by atoms with Crippen molar-refractivity contribution in [3.05, 3.63) is 72.4 Å². The van der Waals surface area contributed by atoms with Crippen LogP contribution >= 0.6 is 0 Å².